The maximum atomic E-state index is 13.3. The van der Waals surface area contributed by atoms with Gasteiger partial charge in [0.2, 0.25) is 5.88 Å². The van der Waals surface area contributed by atoms with Crippen LogP contribution in [0, 0.1) is 0 Å². The van der Waals surface area contributed by atoms with Crippen molar-refractivity contribution in [3.05, 3.63) is 75.5 Å². The Kier molecular flexibility index (Phi) is 8.17. The zero-order valence-electron chi connectivity index (χ0n) is 21.1. The number of nitrogens with zero attached hydrogens (tertiary/aromatic N) is 5. The zero-order chi connectivity index (χ0) is 26.4. The van der Waals surface area contributed by atoms with Crippen LogP contribution >= 0.6 is 0 Å². The molecule has 0 atom stereocenters. The van der Waals surface area contributed by atoms with Gasteiger partial charge in [0.15, 0.2) is 0 Å². The molecule has 3 aromatic rings. The molecule has 4 rings (SSSR count). The number of aromatic hydroxyl groups is 1. The minimum absolute atomic E-state index is 0.104. The van der Waals surface area contributed by atoms with Gasteiger partial charge in [-0.05, 0) is 36.6 Å². The van der Waals surface area contributed by atoms with Gasteiger partial charge in [-0.1, -0.05) is 38.8 Å². The number of carboxylic acids is 1. The molecule has 0 amide bonds. The molecule has 0 aliphatic carbocycles. The molecule has 0 saturated carbocycles. The summed E-state index contributed by atoms with van der Waals surface area (Å²) in [6, 6.07) is 6.66. The fourth-order valence-corrected chi connectivity index (χ4v) is 4.17. The number of benzene rings is 1. The number of carboxylic acid groups (broad SMARTS) is 1. The number of aromatic nitrogens is 4. The van der Waals surface area contributed by atoms with Gasteiger partial charge in [-0.3, -0.25) is 9.13 Å². The van der Waals surface area contributed by atoms with Crippen LogP contribution in [-0.2, 0) is 19.5 Å². The highest BCUT2D eigenvalue weighted by atomic mass is 16.4. The van der Waals surface area contributed by atoms with Crippen LogP contribution in [0.5, 0.6) is 5.88 Å². The lowest BCUT2D eigenvalue weighted by atomic mass is 10.0. The van der Waals surface area contributed by atoms with Crippen molar-refractivity contribution in [2.24, 2.45) is 9.98 Å². The van der Waals surface area contributed by atoms with E-state index in [9.17, 15) is 19.8 Å². The molecule has 0 radical (unpaired) electrons. The summed E-state index contributed by atoms with van der Waals surface area (Å²) in [4.78, 5) is 41.1. The Morgan fingerprint density at radius 1 is 1.08 bits per heavy atom. The number of H-pyrrole nitrogens is 1. The predicted molar refractivity (Wildman–Crippen MR) is 142 cm³/mol. The number of unbranched alkanes of at least 4 members (excludes halogenated alkanes) is 2. The van der Waals surface area contributed by atoms with Crippen LogP contribution in [0.4, 0.5) is 0 Å². The summed E-state index contributed by atoms with van der Waals surface area (Å²) >= 11 is 0. The number of aromatic amines is 1. The van der Waals surface area contributed by atoms with Crippen LogP contribution in [0.15, 0.2) is 57.3 Å². The highest BCUT2D eigenvalue weighted by Crippen LogP contribution is 2.25. The summed E-state index contributed by atoms with van der Waals surface area (Å²) < 4.78 is 2.91. The summed E-state index contributed by atoms with van der Waals surface area (Å²) in [6.07, 6.45) is 9.67. The third-order valence-corrected chi connectivity index (χ3v) is 6.26. The topological polar surface area (TPSA) is 138 Å². The van der Waals surface area contributed by atoms with Crippen molar-refractivity contribution in [3.8, 4) is 5.88 Å². The molecule has 10 nitrogen and oxygen atoms in total. The van der Waals surface area contributed by atoms with Crippen molar-refractivity contribution in [2.45, 2.75) is 65.5 Å². The van der Waals surface area contributed by atoms with Crippen molar-refractivity contribution in [3.63, 3.8) is 0 Å². The van der Waals surface area contributed by atoms with E-state index >= 15 is 0 Å². The molecule has 37 heavy (non-hydrogen) atoms. The molecular formula is C27H32N6O4. The number of hydrogen-bond acceptors (Lipinski definition) is 6. The van der Waals surface area contributed by atoms with Crippen LogP contribution < -0.4 is 5.69 Å². The third kappa shape index (κ3) is 5.96. The molecule has 2 aromatic heterocycles. The molecular weight excluding hydrogens is 472 g/mol. The Hall–Kier alpha value is -4.21. The third-order valence-electron chi connectivity index (χ3n) is 6.26. The van der Waals surface area contributed by atoms with Gasteiger partial charge >= 0.3 is 11.7 Å². The maximum absolute atomic E-state index is 13.3. The molecule has 3 N–H and O–H groups in total. The van der Waals surface area contributed by atoms with Crippen LogP contribution in [0.1, 0.15) is 73.3 Å². The fraction of sp³-hybridized carbons (Fsp3) is 0.370. The van der Waals surface area contributed by atoms with Gasteiger partial charge in [0.05, 0.1) is 35.5 Å². The molecule has 1 aliphatic rings. The number of imidazole rings is 2. The Morgan fingerprint density at radius 3 is 2.49 bits per heavy atom. The Bertz CT molecular complexity index is 1390. The average Bonchev–Trinajstić information content (AvgIpc) is 3.59. The largest absolute Gasteiger partial charge is 0.493 e. The second-order valence-corrected chi connectivity index (χ2v) is 9.06. The molecule has 3 heterocycles. The smallest absolute Gasteiger partial charge is 0.335 e. The maximum Gasteiger partial charge on any atom is 0.335 e. The number of aliphatic imine (C=N–C) groups is 2. The standard InChI is InChI=1S/C27H32N6O4/c1-3-5-7-24-30-21(13-18-8-10-19(11-9-18)26(35)36)22(31-24)14-23-25(34)32(12-6-4-2)27(37)33(23)16-20-15-28-17-29-20/h8-11,14-15,17,34H,3-7,12-13,16H2,1-2H3,(H,28,29)(H,35,36). The molecule has 0 spiro atoms. The highest BCUT2D eigenvalue weighted by molar-refractivity contribution is 6.15. The van der Waals surface area contributed by atoms with Gasteiger partial charge in [0.1, 0.15) is 11.5 Å². The number of amidine groups is 1. The minimum Gasteiger partial charge on any atom is -0.493 e. The number of carbonyl (C=O) groups is 1. The first kappa shape index (κ1) is 25.9. The van der Waals surface area contributed by atoms with Crippen LogP contribution in [0.2, 0.25) is 0 Å². The van der Waals surface area contributed by atoms with Crippen molar-refractivity contribution in [2.75, 3.05) is 0 Å². The molecule has 1 aromatic carbocycles. The summed E-state index contributed by atoms with van der Waals surface area (Å²) in [7, 11) is 0. The summed E-state index contributed by atoms with van der Waals surface area (Å²) in [5.74, 6) is -0.376. The number of aromatic carboxylic acids is 1. The lowest BCUT2D eigenvalue weighted by molar-refractivity contribution is 0.0697. The first-order valence-corrected chi connectivity index (χ1v) is 12.6. The van der Waals surface area contributed by atoms with Gasteiger partial charge in [0.25, 0.3) is 0 Å². The Balaban J connectivity index is 1.74. The molecule has 0 bridgehead atoms. The van der Waals surface area contributed by atoms with E-state index < -0.39 is 5.97 Å². The van der Waals surface area contributed by atoms with Crippen molar-refractivity contribution >= 4 is 23.6 Å². The van der Waals surface area contributed by atoms with E-state index in [-0.39, 0.29) is 23.7 Å². The van der Waals surface area contributed by atoms with Gasteiger partial charge < -0.3 is 15.2 Å². The second-order valence-electron chi connectivity index (χ2n) is 9.06. The normalized spacial score (nSPS) is 14.3. The van der Waals surface area contributed by atoms with Crippen molar-refractivity contribution in [1.82, 2.24) is 19.1 Å². The lowest BCUT2D eigenvalue weighted by Gasteiger charge is -2.06. The molecule has 0 saturated heterocycles. The molecule has 0 fully saturated rings. The number of allylic oxidation sites excluding steroid dienone is 1. The molecule has 0 unspecified atom stereocenters. The molecule has 10 heteroatoms. The second kappa shape index (κ2) is 11.7. The van der Waals surface area contributed by atoms with Crippen LogP contribution in [-0.4, -0.2) is 46.8 Å². The van der Waals surface area contributed by atoms with Gasteiger partial charge in [-0.2, -0.15) is 0 Å². The SMILES string of the molecule is CCCCC1=NC(=Cc2c(O)n(CCCC)c(=O)n2Cc2cnc[nH]2)C(Cc2ccc(C(=O)O)cc2)=N1. The van der Waals surface area contributed by atoms with Crippen LogP contribution in [0.3, 0.4) is 0 Å². The van der Waals surface area contributed by atoms with Crippen LogP contribution in [0.25, 0.3) is 6.08 Å². The van der Waals surface area contributed by atoms with Crippen molar-refractivity contribution in [1.29, 1.82) is 0 Å². The van der Waals surface area contributed by atoms with E-state index in [0.717, 1.165) is 43.4 Å². The molecule has 194 valence electrons. The number of nitrogens with one attached hydrogen (secondary N) is 1. The number of rotatable bonds is 12. The van der Waals surface area contributed by atoms with E-state index in [1.54, 1.807) is 42.9 Å². The van der Waals surface area contributed by atoms with E-state index in [1.165, 1.54) is 9.13 Å². The molecule has 1 aliphatic heterocycles. The minimum atomic E-state index is -0.978. The van der Waals surface area contributed by atoms with E-state index in [0.29, 0.717) is 35.9 Å². The fourth-order valence-electron chi connectivity index (χ4n) is 4.17. The highest BCUT2D eigenvalue weighted by Gasteiger charge is 2.23. The quantitative estimate of drug-likeness (QED) is 0.338. The number of hydrogen-bond donors (Lipinski definition) is 3. The Morgan fingerprint density at radius 2 is 1.84 bits per heavy atom. The van der Waals surface area contributed by atoms with E-state index in [1.807, 2.05) is 6.92 Å². The average molecular weight is 505 g/mol. The van der Waals surface area contributed by atoms with Gasteiger partial charge in [-0.25, -0.2) is 24.6 Å². The monoisotopic (exact) mass is 504 g/mol. The summed E-state index contributed by atoms with van der Waals surface area (Å²) in [5.41, 5.74) is 3.18. The van der Waals surface area contributed by atoms with Crippen molar-refractivity contribution < 1.29 is 15.0 Å². The zero-order valence-corrected chi connectivity index (χ0v) is 21.1. The first-order valence-electron chi connectivity index (χ1n) is 12.6. The summed E-state index contributed by atoms with van der Waals surface area (Å²) in [5, 5.41) is 20.3. The van der Waals surface area contributed by atoms with Gasteiger partial charge in [-0.15, -0.1) is 0 Å². The van der Waals surface area contributed by atoms with E-state index in [4.69, 9.17) is 9.98 Å². The Labute approximate surface area is 214 Å². The lowest BCUT2D eigenvalue weighted by Crippen LogP contribution is -2.25. The predicted octanol–water partition coefficient (Wildman–Crippen LogP) is 4.25. The van der Waals surface area contributed by atoms with E-state index in [2.05, 4.69) is 16.9 Å². The first-order chi connectivity index (χ1) is 17.9. The van der Waals surface area contributed by atoms with Gasteiger partial charge in [0, 0.05) is 25.6 Å². The summed E-state index contributed by atoms with van der Waals surface area (Å²) in [6.45, 7) is 4.77.